The van der Waals surface area contributed by atoms with Crippen molar-refractivity contribution in [3.8, 4) is 6.07 Å². The third-order valence-electron chi connectivity index (χ3n) is 4.31. The van der Waals surface area contributed by atoms with Crippen molar-refractivity contribution in [2.24, 2.45) is 4.99 Å². The van der Waals surface area contributed by atoms with Crippen LogP contribution in [0.5, 0.6) is 0 Å². The minimum atomic E-state index is -0.411. The molecule has 0 atom stereocenters. The molecule has 2 aromatic carbocycles. The summed E-state index contributed by atoms with van der Waals surface area (Å²) in [7, 11) is 1.67. The highest BCUT2D eigenvalue weighted by atomic mass is 127. The van der Waals surface area contributed by atoms with E-state index in [1.807, 2.05) is 35.1 Å². The maximum Gasteiger partial charge on any atom is 0.191 e. The van der Waals surface area contributed by atoms with E-state index in [1.165, 1.54) is 6.07 Å². The van der Waals surface area contributed by atoms with Gasteiger partial charge >= 0.3 is 0 Å². The number of nitriles is 1. The Morgan fingerprint density at radius 3 is 2.45 bits per heavy atom. The van der Waals surface area contributed by atoms with Crippen LogP contribution in [0.4, 0.5) is 4.39 Å². The number of halogens is 2. The van der Waals surface area contributed by atoms with Crippen molar-refractivity contribution < 1.29 is 4.39 Å². The minimum Gasteiger partial charge on any atom is -0.352 e. The number of hydrogen-bond donors (Lipinski definition) is 2. The molecule has 0 aliphatic carbocycles. The van der Waals surface area contributed by atoms with Crippen LogP contribution >= 0.6 is 24.0 Å². The van der Waals surface area contributed by atoms with Crippen molar-refractivity contribution >= 4 is 29.9 Å². The van der Waals surface area contributed by atoms with Gasteiger partial charge < -0.3 is 10.6 Å². The Hall–Kier alpha value is -2.93. The molecule has 1 aromatic heterocycles. The fourth-order valence-electron chi connectivity index (χ4n) is 2.79. The van der Waals surface area contributed by atoms with E-state index in [0.29, 0.717) is 30.2 Å². The Labute approximate surface area is 186 Å². The molecule has 0 saturated heterocycles. The van der Waals surface area contributed by atoms with E-state index in [9.17, 15) is 4.39 Å². The Morgan fingerprint density at radius 1 is 1.10 bits per heavy atom. The lowest BCUT2D eigenvalue weighted by molar-refractivity contribution is 0.604. The van der Waals surface area contributed by atoms with Gasteiger partial charge in [-0.1, -0.05) is 30.3 Å². The average Bonchev–Trinajstić information content (AvgIpc) is 3.23. The first kappa shape index (κ1) is 22.4. The molecule has 0 amide bonds. The number of rotatable bonds is 6. The lowest BCUT2D eigenvalue weighted by Crippen LogP contribution is -2.36. The van der Waals surface area contributed by atoms with Gasteiger partial charge in [0.2, 0.25) is 0 Å². The van der Waals surface area contributed by atoms with Crippen LogP contribution in [0, 0.1) is 17.1 Å². The van der Waals surface area contributed by atoms with Crippen LogP contribution in [0.1, 0.15) is 22.3 Å². The third-order valence-corrected chi connectivity index (χ3v) is 4.31. The first-order chi connectivity index (χ1) is 13.7. The second kappa shape index (κ2) is 11.2. The second-order valence-electron chi connectivity index (χ2n) is 6.17. The fraction of sp³-hybridized carbons (Fsp3) is 0.190. The highest BCUT2D eigenvalue weighted by Crippen LogP contribution is 2.11. The van der Waals surface area contributed by atoms with Gasteiger partial charge in [0.05, 0.1) is 18.2 Å². The van der Waals surface area contributed by atoms with E-state index >= 15 is 0 Å². The van der Waals surface area contributed by atoms with E-state index in [1.54, 1.807) is 25.4 Å². The molecule has 0 aliphatic heterocycles. The van der Waals surface area contributed by atoms with E-state index < -0.39 is 5.82 Å². The first-order valence-corrected chi connectivity index (χ1v) is 8.87. The number of nitrogens with zero attached hydrogens (tertiary/aromatic N) is 4. The van der Waals surface area contributed by atoms with Gasteiger partial charge in [-0.25, -0.2) is 4.39 Å². The van der Waals surface area contributed by atoms with Crippen LogP contribution in [0.15, 0.2) is 65.9 Å². The maximum absolute atomic E-state index is 14.0. The summed E-state index contributed by atoms with van der Waals surface area (Å²) < 4.78 is 15.9. The highest BCUT2D eigenvalue weighted by Gasteiger charge is 2.07. The number of hydrogen-bond acceptors (Lipinski definition) is 3. The molecule has 2 N–H and O–H groups in total. The van der Waals surface area contributed by atoms with Crippen molar-refractivity contribution in [3.05, 3.63) is 89.0 Å². The summed E-state index contributed by atoms with van der Waals surface area (Å²) >= 11 is 0. The van der Waals surface area contributed by atoms with Gasteiger partial charge in [-0.3, -0.25) is 9.67 Å². The summed E-state index contributed by atoms with van der Waals surface area (Å²) in [6.07, 6.45) is 3.69. The number of benzene rings is 2. The van der Waals surface area contributed by atoms with Crippen LogP contribution in [-0.4, -0.2) is 22.8 Å². The van der Waals surface area contributed by atoms with Gasteiger partial charge in [0.25, 0.3) is 0 Å². The minimum absolute atomic E-state index is 0. The molecule has 1 heterocycles. The van der Waals surface area contributed by atoms with Crippen LogP contribution < -0.4 is 10.6 Å². The number of nitrogens with one attached hydrogen (secondary N) is 2. The zero-order valence-electron chi connectivity index (χ0n) is 16.0. The Balaban J connectivity index is 0.00000300. The van der Waals surface area contributed by atoms with E-state index in [2.05, 4.69) is 32.9 Å². The molecule has 8 heteroatoms. The first-order valence-electron chi connectivity index (χ1n) is 8.87. The lowest BCUT2D eigenvalue weighted by Gasteiger charge is -2.15. The quantitative estimate of drug-likeness (QED) is 0.307. The van der Waals surface area contributed by atoms with Gasteiger partial charge in [0.1, 0.15) is 5.82 Å². The van der Waals surface area contributed by atoms with E-state index in [-0.39, 0.29) is 30.5 Å². The largest absolute Gasteiger partial charge is 0.352 e. The predicted molar refractivity (Wildman–Crippen MR) is 121 cm³/mol. The maximum atomic E-state index is 14.0. The molecule has 0 aliphatic rings. The normalized spacial score (nSPS) is 10.7. The molecule has 0 bridgehead atoms. The van der Waals surface area contributed by atoms with Crippen molar-refractivity contribution in [2.45, 2.75) is 19.6 Å². The van der Waals surface area contributed by atoms with E-state index in [4.69, 9.17) is 5.26 Å². The molecular formula is C21H22FIN6. The zero-order chi connectivity index (χ0) is 19.8. The standard InChI is InChI=1S/C21H21FN6.HI/c1-24-21(26-14-18-8-7-16(12-23)11-20(18)22)25-13-17-5-2-3-6-19(17)15-28-10-4-9-27-28;/h2-11H,13-15H2,1H3,(H2,24,25,26);1H. The molecule has 6 nitrogen and oxygen atoms in total. The van der Waals surface area contributed by atoms with Crippen LogP contribution in [-0.2, 0) is 19.6 Å². The Morgan fingerprint density at radius 2 is 1.83 bits per heavy atom. The molecule has 150 valence electrons. The van der Waals surface area contributed by atoms with Gasteiger partial charge in [0.15, 0.2) is 5.96 Å². The Kier molecular flexibility index (Phi) is 8.61. The van der Waals surface area contributed by atoms with Gasteiger partial charge in [-0.05, 0) is 29.3 Å². The summed E-state index contributed by atoms with van der Waals surface area (Å²) in [5, 5.41) is 19.4. The van der Waals surface area contributed by atoms with Crippen molar-refractivity contribution in [1.82, 2.24) is 20.4 Å². The van der Waals surface area contributed by atoms with Crippen molar-refractivity contribution in [1.29, 1.82) is 5.26 Å². The number of guanidine groups is 1. The molecule has 0 fully saturated rings. The topological polar surface area (TPSA) is 78.0 Å². The smallest absolute Gasteiger partial charge is 0.191 e. The molecule has 0 radical (unpaired) electrons. The van der Waals surface area contributed by atoms with Gasteiger partial charge in [0, 0.05) is 38.1 Å². The predicted octanol–water partition coefficient (Wildman–Crippen LogP) is 3.43. The number of aliphatic imine (C=N–C) groups is 1. The summed E-state index contributed by atoms with van der Waals surface area (Å²) in [5.74, 6) is 0.157. The summed E-state index contributed by atoms with van der Waals surface area (Å²) in [6.45, 7) is 1.53. The van der Waals surface area contributed by atoms with Crippen molar-refractivity contribution in [3.63, 3.8) is 0 Å². The number of aromatic nitrogens is 2. The molecule has 0 unspecified atom stereocenters. The molecule has 0 saturated carbocycles. The average molecular weight is 504 g/mol. The zero-order valence-corrected chi connectivity index (χ0v) is 18.3. The SMILES string of the molecule is CN=C(NCc1ccc(C#N)cc1F)NCc1ccccc1Cn1cccn1.I. The second-order valence-corrected chi connectivity index (χ2v) is 6.17. The highest BCUT2D eigenvalue weighted by molar-refractivity contribution is 14.0. The van der Waals surface area contributed by atoms with Gasteiger partial charge in [-0.15, -0.1) is 24.0 Å². The Bertz CT molecular complexity index is 995. The van der Waals surface area contributed by atoms with E-state index in [0.717, 1.165) is 11.1 Å². The van der Waals surface area contributed by atoms with Crippen molar-refractivity contribution in [2.75, 3.05) is 7.05 Å². The molecule has 0 spiro atoms. The molecular weight excluding hydrogens is 482 g/mol. The summed E-state index contributed by atoms with van der Waals surface area (Å²) in [5.41, 5.74) is 3.07. The summed E-state index contributed by atoms with van der Waals surface area (Å²) in [4.78, 5) is 4.19. The molecule has 29 heavy (non-hydrogen) atoms. The third kappa shape index (κ3) is 6.29. The molecule has 3 rings (SSSR count). The summed E-state index contributed by atoms with van der Waals surface area (Å²) in [6, 6.07) is 16.4. The monoisotopic (exact) mass is 504 g/mol. The van der Waals surface area contributed by atoms with Crippen LogP contribution in [0.3, 0.4) is 0 Å². The van der Waals surface area contributed by atoms with Gasteiger partial charge in [-0.2, -0.15) is 10.4 Å². The molecule has 3 aromatic rings. The van der Waals surface area contributed by atoms with Crippen LogP contribution in [0.2, 0.25) is 0 Å². The lowest BCUT2D eigenvalue weighted by atomic mass is 10.1. The van der Waals surface area contributed by atoms with Crippen LogP contribution in [0.25, 0.3) is 0 Å². The fourth-order valence-corrected chi connectivity index (χ4v) is 2.79.